The number of ether oxygens (including phenoxy) is 2. The van der Waals surface area contributed by atoms with Gasteiger partial charge in [-0.25, -0.2) is 4.79 Å². The Kier molecular flexibility index (Phi) is 6.17. The third-order valence-corrected chi connectivity index (χ3v) is 5.92. The van der Waals surface area contributed by atoms with E-state index in [1.165, 1.54) is 7.11 Å². The van der Waals surface area contributed by atoms with E-state index in [1.54, 1.807) is 30.8 Å². The van der Waals surface area contributed by atoms with Crippen molar-refractivity contribution in [2.45, 2.75) is 19.8 Å². The lowest BCUT2D eigenvalue weighted by Gasteiger charge is -2.43. The summed E-state index contributed by atoms with van der Waals surface area (Å²) in [7, 11) is 1.36. The van der Waals surface area contributed by atoms with Gasteiger partial charge in [-0.3, -0.25) is 4.79 Å². The largest absolute Gasteiger partial charge is 0.466 e. The van der Waals surface area contributed by atoms with E-state index in [0.29, 0.717) is 10.6 Å². The molecule has 0 spiro atoms. The normalized spacial score (nSPS) is 22.1. The molecular weight excluding hydrogens is 386 g/mol. The Morgan fingerprint density at radius 1 is 1.37 bits per heavy atom. The molecule has 0 N–H and O–H groups in total. The maximum atomic E-state index is 13.0. The van der Waals surface area contributed by atoms with Crippen LogP contribution >= 0.6 is 23.4 Å². The van der Waals surface area contributed by atoms with Crippen molar-refractivity contribution < 1.29 is 19.1 Å². The van der Waals surface area contributed by atoms with Gasteiger partial charge in [-0.05, 0) is 37.0 Å². The van der Waals surface area contributed by atoms with Crippen LogP contribution in [0.5, 0.6) is 0 Å². The summed E-state index contributed by atoms with van der Waals surface area (Å²) in [6.07, 6.45) is 0. The zero-order chi connectivity index (χ0) is 19.6. The zero-order valence-corrected chi connectivity index (χ0v) is 17.1. The third kappa shape index (κ3) is 3.73. The molecule has 3 rings (SSSR count). The first-order valence-corrected chi connectivity index (χ1v) is 10.2. The van der Waals surface area contributed by atoms with Crippen molar-refractivity contribution in [2.24, 2.45) is 5.92 Å². The molecule has 144 valence electrons. The Bertz CT molecular complexity index is 820. The van der Waals surface area contributed by atoms with Crippen LogP contribution in [0.3, 0.4) is 0 Å². The van der Waals surface area contributed by atoms with Crippen LogP contribution in [0.4, 0.5) is 0 Å². The summed E-state index contributed by atoms with van der Waals surface area (Å²) in [6.45, 7) is 4.67. The topological polar surface area (TPSA) is 55.8 Å². The summed E-state index contributed by atoms with van der Waals surface area (Å²) >= 11 is 7.87. The van der Waals surface area contributed by atoms with Crippen LogP contribution in [0.1, 0.15) is 25.3 Å². The molecule has 27 heavy (non-hydrogen) atoms. The predicted octanol–water partition coefficient (Wildman–Crippen LogP) is 3.95. The number of thioether (sulfide) groups is 1. The Morgan fingerprint density at radius 3 is 2.81 bits per heavy atom. The van der Waals surface area contributed by atoms with E-state index in [1.807, 2.05) is 29.4 Å². The first-order chi connectivity index (χ1) is 13.0. The Labute approximate surface area is 168 Å². The standard InChI is InChI=1S/C20H22ClNO4S/c1-4-26-20(24)18-15-11-27-9-8-22(15)12(2)16(19(23)25-3)17(18)13-6-5-7-14(21)10-13/h5-7,10-11,17-18H,4,8-9H2,1-3H3/t17-,18-/m1/s1. The van der Waals surface area contributed by atoms with Crippen molar-refractivity contribution in [3.63, 3.8) is 0 Å². The Balaban J connectivity index is 2.25. The van der Waals surface area contributed by atoms with Gasteiger partial charge in [-0.15, -0.1) is 11.8 Å². The zero-order valence-electron chi connectivity index (χ0n) is 15.5. The lowest BCUT2D eigenvalue weighted by atomic mass is 9.75. The maximum absolute atomic E-state index is 13.0. The SMILES string of the molecule is CCOC(=O)[C@@H]1C2=CSCCN2C(C)=C(C(=O)OC)[C@H]1c1cccc(Cl)c1. The van der Waals surface area contributed by atoms with Crippen LogP contribution in [0.25, 0.3) is 0 Å². The van der Waals surface area contributed by atoms with E-state index in [2.05, 4.69) is 0 Å². The highest BCUT2D eigenvalue weighted by atomic mass is 35.5. The number of carbonyl (C=O) groups is 2. The second-order valence-electron chi connectivity index (χ2n) is 6.32. The van der Waals surface area contributed by atoms with E-state index in [0.717, 1.165) is 29.3 Å². The molecule has 0 aliphatic carbocycles. The average Bonchev–Trinajstić information content (AvgIpc) is 2.67. The summed E-state index contributed by atoms with van der Waals surface area (Å²) in [6, 6.07) is 7.26. The first kappa shape index (κ1) is 19.8. The third-order valence-electron chi connectivity index (χ3n) is 4.86. The Morgan fingerprint density at radius 2 is 2.15 bits per heavy atom. The highest BCUT2D eigenvalue weighted by Crippen LogP contribution is 2.47. The Hall–Kier alpha value is -1.92. The molecule has 0 saturated carbocycles. The fraction of sp³-hybridized carbons (Fsp3) is 0.400. The molecule has 0 fully saturated rings. The summed E-state index contributed by atoms with van der Waals surface area (Å²) in [5.74, 6) is -1.06. The van der Waals surface area contributed by atoms with Gasteiger partial charge in [-0.1, -0.05) is 23.7 Å². The number of rotatable bonds is 4. The molecule has 0 amide bonds. The number of hydrogen-bond donors (Lipinski definition) is 0. The number of halogens is 1. The van der Waals surface area contributed by atoms with Gasteiger partial charge < -0.3 is 14.4 Å². The number of benzene rings is 1. The number of esters is 2. The van der Waals surface area contributed by atoms with Crippen LogP contribution in [0.15, 0.2) is 46.6 Å². The lowest BCUT2D eigenvalue weighted by molar-refractivity contribution is -0.148. The van der Waals surface area contributed by atoms with Gasteiger partial charge in [0.05, 0.1) is 19.3 Å². The fourth-order valence-corrected chi connectivity index (χ4v) is 4.77. The minimum absolute atomic E-state index is 0.272. The molecule has 1 aromatic rings. The fourth-order valence-electron chi connectivity index (χ4n) is 3.72. The smallest absolute Gasteiger partial charge is 0.336 e. The summed E-state index contributed by atoms with van der Waals surface area (Å²) in [5, 5.41) is 2.55. The summed E-state index contributed by atoms with van der Waals surface area (Å²) < 4.78 is 10.5. The van der Waals surface area contributed by atoms with Crippen LogP contribution < -0.4 is 0 Å². The minimum Gasteiger partial charge on any atom is -0.466 e. The highest BCUT2D eigenvalue weighted by molar-refractivity contribution is 8.02. The van der Waals surface area contributed by atoms with E-state index < -0.39 is 17.8 Å². The number of nitrogens with zero attached hydrogens (tertiary/aromatic N) is 1. The van der Waals surface area contributed by atoms with Crippen LogP contribution in [-0.4, -0.2) is 42.9 Å². The van der Waals surface area contributed by atoms with E-state index in [9.17, 15) is 9.59 Å². The van der Waals surface area contributed by atoms with E-state index in [-0.39, 0.29) is 12.6 Å². The number of hydrogen-bond acceptors (Lipinski definition) is 6. The first-order valence-electron chi connectivity index (χ1n) is 8.80. The van der Waals surface area contributed by atoms with Crippen molar-refractivity contribution in [1.82, 2.24) is 4.90 Å². The molecule has 2 aliphatic rings. The second-order valence-corrected chi connectivity index (χ2v) is 7.73. The van der Waals surface area contributed by atoms with Gasteiger partial charge in [0.1, 0.15) is 5.92 Å². The van der Waals surface area contributed by atoms with Gasteiger partial charge in [0.15, 0.2) is 0 Å². The van der Waals surface area contributed by atoms with Crippen molar-refractivity contribution in [3.8, 4) is 0 Å². The van der Waals surface area contributed by atoms with Crippen molar-refractivity contribution in [2.75, 3.05) is 26.0 Å². The monoisotopic (exact) mass is 407 g/mol. The quantitative estimate of drug-likeness (QED) is 0.704. The van der Waals surface area contributed by atoms with Crippen LogP contribution in [-0.2, 0) is 19.1 Å². The van der Waals surface area contributed by atoms with Crippen molar-refractivity contribution >= 4 is 35.3 Å². The molecule has 1 aromatic carbocycles. The van der Waals surface area contributed by atoms with Gasteiger partial charge in [-0.2, -0.15) is 0 Å². The van der Waals surface area contributed by atoms with Gasteiger partial charge in [0.25, 0.3) is 0 Å². The number of carbonyl (C=O) groups excluding carboxylic acids is 2. The molecule has 0 aromatic heterocycles. The van der Waals surface area contributed by atoms with Crippen molar-refractivity contribution in [3.05, 3.63) is 57.2 Å². The van der Waals surface area contributed by atoms with Gasteiger partial charge in [0.2, 0.25) is 0 Å². The predicted molar refractivity (Wildman–Crippen MR) is 106 cm³/mol. The van der Waals surface area contributed by atoms with Crippen LogP contribution in [0, 0.1) is 5.92 Å². The minimum atomic E-state index is -0.631. The molecule has 0 unspecified atom stereocenters. The maximum Gasteiger partial charge on any atom is 0.336 e. The van der Waals surface area contributed by atoms with Gasteiger partial charge >= 0.3 is 11.9 Å². The number of allylic oxidation sites excluding steroid dienone is 1. The number of methoxy groups -OCH3 is 1. The van der Waals surface area contributed by atoms with E-state index >= 15 is 0 Å². The molecule has 2 atom stereocenters. The van der Waals surface area contributed by atoms with Crippen molar-refractivity contribution in [1.29, 1.82) is 0 Å². The van der Waals surface area contributed by atoms with Gasteiger partial charge in [0, 0.05) is 34.6 Å². The lowest BCUT2D eigenvalue weighted by Crippen LogP contribution is -2.44. The molecule has 2 heterocycles. The molecule has 0 saturated heterocycles. The highest BCUT2D eigenvalue weighted by Gasteiger charge is 2.46. The molecule has 5 nitrogen and oxygen atoms in total. The summed E-state index contributed by atoms with van der Waals surface area (Å²) in [4.78, 5) is 27.7. The van der Waals surface area contributed by atoms with E-state index in [4.69, 9.17) is 21.1 Å². The van der Waals surface area contributed by atoms with Crippen LogP contribution in [0.2, 0.25) is 5.02 Å². The summed E-state index contributed by atoms with van der Waals surface area (Å²) in [5.41, 5.74) is 2.93. The average molecular weight is 408 g/mol. The number of fused-ring (bicyclic) bond motifs is 1. The molecular formula is C20H22ClNO4S. The second kappa shape index (κ2) is 8.40. The molecule has 2 aliphatic heterocycles. The molecule has 0 radical (unpaired) electrons. The molecule has 0 bridgehead atoms. The molecule has 7 heteroatoms.